The van der Waals surface area contributed by atoms with Gasteiger partial charge in [-0.15, -0.1) is 0 Å². The second-order valence-corrected chi connectivity index (χ2v) is 5.52. The third-order valence-corrected chi connectivity index (χ3v) is 3.83. The fourth-order valence-electron chi connectivity index (χ4n) is 2.31. The lowest BCUT2D eigenvalue weighted by molar-refractivity contribution is -0.384. The Kier molecular flexibility index (Phi) is 3.76. The van der Waals surface area contributed by atoms with Crippen LogP contribution in [0.5, 0.6) is 0 Å². The van der Waals surface area contributed by atoms with Gasteiger partial charge in [0.25, 0.3) is 5.69 Å². The molecule has 0 amide bonds. The molecule has 1 saturated carbocycles. The molecule has 1 fully saturated rings. The van der Waals surface area contributed by atoms with E-state index < -0.39 is 10.5 Å². The van der Waals surface area contributed by atoms with Crippen LogP contribution in [0, 0.1) is 16.0 Å². The summed E-state index contributed by atoms with van der Waals surface area (Å²) in [6.45, 7) is 3.13. The van der Waals surface area contributed by atoms with Crippen LogP contribution in [-0.2, 0) is 0 Å². The van der Waals surface area contributed by atoms with E-state index in [-0.39, 0.29) is 18.1 Å². The van der Waals surface area contributed by atoms with Crippen molar-refractivity contribution in [2.75, 3.05) is 11.9 Å². The fraction of sp³-hybridized carbons (Fsp3) is 0.500. The number of nitrogens with one attached hydrogen (secondary N) is 1. The largest absolute Gasteiger partial charge is 0.394 e. The minimum absolute atomic E-state index is 0.0940. The number of carbonyl (C=O) groups excluding carboxylic acids is 1. The van der Waals surface area contributed by atoms with Crippen molar-refractivity contribution in [3.8, 4) is 0 Å². The quantitative estimate of drug-likeness (QED) is 0.473. The Morgan fingerprint density at radius 1 is 1.55 bits per heavy atom. The first-order chi connectivity index (χ1) is 9.37. The van der Waals surface area contributed by atoms with Crippen molar-refractivity contribution in [2.45, 2.75) is 32.2 Å². The molecular weight excluding hydrogens is 260 g/mol. The first kappa shape index (κ1) is 14.5. The van der Waals surface area contributed by atoms with Gasteiger partial charge in [-0.1, -0.05) is 0 Å². The molecule has 108 valence electrons. The second kappa shape index (κ2) is 5.20. The number of hydrogen-bond donors (Lipinski definition) is 2. The first-order valence-electron chi connectivity index (χ1n) is 6.56. The van der Waals surface area contributed by atoms with Gasteiger partial charge in [0, 0.05) is 11.6 Å². The highest BCUT2D eigenvalue weighted by molar-refractivity contribution is 5.95. The van der Waals surface area contributed by atoms with E-state index in [2.05, 4.69) is 5.32 Å². The lowest BCUT2D eigenvalue weighted by Crippen LogP contribution is -2.41. The molecule has 2 rings (SSSR count). The minimum atomic E-state index is -0.567. The van der Waals surface area contributed by atoms with Gasteiger partial charge in [-0.3, -0.25) is 14.9 Å². The van der Waals surface area contributed by atoms with Crippen molar-refractivity contribution < 1.29 is 14.8 Å². The van der Waals surface area contributed by atoms with Crippen LogP contribution in [0.25, 0.3) is 0 Å². The molecule has 0 spiro atoms. The number of nitro groups is 1. The first-order valence-corrected chi connectivity index (χ1v) is 6.56. The van der Waals surface area contributed by atoms with E-state index in [4.69, 9.17) is 0 Å². The molecule has 0 saturated heterocycles. The predicted molar refractivity (Wildman–Crippen MR) is 74.9 cm³/mol. The maximum absolute atomic E-state index is 11.3. The summed E-state index contributed by atoms with van der Waals surface area (Å²) in [5, 5.41) is 23.8. The summed E-state index contributed by atoms with van der Waals surface area (Å²) >= 11 is 0. The number of nitro benzene ring substituents is 1. The van der Waals surface area contributed by atoms with E-state index in [1.807, 2.05) is 6.92 Å². The lowest BCUT2D eigenvalue weighted by Gasteiger charge is -2.29. The van der Waals surface area contributed by atoms with E-state index >= 15 is 0 Å². The Hall–Kier alpha value is -1.95. The number of hydrogen-bond acceptors (Lipinski definition) is 5. The maximum atomic E-state index is 11.3. The minimum Gasteiger partial charge on any atom is -0.394 e. The Labute approximate surface area is 117 Å². The SMILES string of the molecule is CC(=O)c1ccc(NC(C)(CO)C2CC2)c([N+](=O)[O-])c1. The van der Waals surface area contributed by atoms with Crippen molar-refractivity contribution >= 4 is 17.2 Å². The van der Waals surface area contributed by atoms with Gasteiger partial charge in [0.2, 0.25) is 0 Å². The number of nitrogens with zero attached hydrogens (tertiary/aromatic N) is 1. The molecule has 20 heavy (non-hydrogen) atoms. The molecule has 0 bridgehead atoms. The zero-order chi connectivity index (χ0) is 14.9. The summed E-state index contributed by atoms with van der Waals surface area (Å²) < 4.78 is 0. The fourth-order valence-corrected chi connectivity index (χ4v) is 2.31. The van der Waals surface area contributed by atoms with Crippen molar-refractivity contribution in [3.05, 3.63) is 33.9 Å². The molecule has 2 N–H and O–H groups in total. The van der Waals surface area contributed by atoms with Gasteiger partial charge in [0.15, 0.2) is 5.78 Å². The number of carbonyl (C=O) groups is 1. The highest BCUT2D eigenvalue weighted by Crippen LogP contribution is 2.42. The van der Waals surface area contributed by atoms with Crippen LogP contribution in [0.1, 0.15) is 37.0 Å². The summed E-state index contributed by atoms with van der Waals surface area (Å²) in [6, 6.07) is 4.36. The Morgan fingerprint density at radius 2 is 2.20 bits per heavy atom. The number of Topliss-reactive ketones (excluding diaryl/α,β-unsaturated/α-hetero) is 1. The monoisotopic (exact) mass is 278 g/mol. The summed E-state index contributed by atoms with van der Waals surface area (Å²) in [5.74, 6) is 0.103. The van der Waals surface area contributed by atoms with Crippen LogP contribution in [0.3, 0.4) is 0 Å². The highest BCUT2D eigenvalue weighted by atomic mass is 16.6. The lowest BCUT2D eigenvalue weighted by atomic mass is 9.96. The molecule has 6 heteroatoms. The zero-order valence-corrected chi connectivity index (χ0v) is 11.5. The van der Waals surface area contributed by atoms with Crippen LogP contribution < -0.4 is 5.32 Å². The van der Waals surface area contributed by atoms with E-state index in [9.17, 15) is 20.0 Å². The van der Waals surface area contributed by atoms with Crippen LogP contribution in [0.2, 0.25) is 0 Å². The Balaban J connectivity index is 2.35. The van der Waals surface area contributed by atoms with Gasteiger partial charge in [-0.05, 0) is 44.7 Å². The number of ketones is 1. The van der Waals surface area contributed by atoms with E-state index in [1.54, 1.807) is 6.07 Å². The summed E-state index contributed by atoms with van der Waals surface area (Å²) in [5.41, 5.74) is -0.0662. The second-order valence-electron chi connectivity index (χ2n) is 5.52. The molecule has 6 nitrogen and oxygen atoms in total. The van der Waals surface area contributed by atoms with E-state index in [1.165, 1.54) is 19.1 Å². The van der Waals surface area contributed by atoms with Crippen molar-refractivity contribution in [3.63, 3.8) is 0 Å². The highest BCUT2D eigenvalue weighted by Gasteiger charge is 2.42. The summed E-state index contributed by atoms with van der Waals surface area (Å²) in [4.78, 5) is 21.9. The summed E-state index contributed by atoms with van der Waals surface area (Å²) in [7, 11) is 0. The number of aliphatic hydroxyl groups is 1. The van der Waals surface area contributed by atoms with Crippen LogP contribution >= 0.6 is 0 Å². The standard InChI is InChI=1S/C14H18N2O4/c1-9(18)10-3-6-12(13(7-10)16(19)20)15-14(2,8-17)11-4-5-11/h3,6-7,11,15,17H,4-5,8H2,1-2H3. The van der Waals surface area contributed by atoms with E-state index in [0.717, 1.165) is 12.8 Å². The zero-order valence-electron chi connectivity index (χ0n) is 11.5. The number of aliphatic hydroxyl groups excluding tert-OH is 1. The van der Waals surface area contributed by atoms with Crippen LogP contribution in [0.15, 0.2) is 18.2 Å². The van der Waals surface area contributed by atoms with Gasteiger partial charge in [-0.25, -0.2) is 0 Å². The molecule has 1 aliphatic carbocycles. The van der Waals surface area contributed by atoms with Crippen molar-refractivity contribution in [2.24, 2.45) is 5.92 Å². The average molecular weight is 278 g/mol. The number of benzene rings is 1. The normalized spacial score (nSPS) is 17.4. The molecule has 0 aromatic heterocycles. The molecule has 1 aromatic rings. The van der Waals surface area contributed by atoms with Gasteiger partial charge in [0.05, 0.1) is 17.1 Å². The summed E-state index contributed by atoms with van der Waals surface area (Å²) in [6.07, 6.45) is 2.01. The number of anilines is 1. The molecule has 1 unspecified atom stereocenters. The molecule has 0 aliphatic heterocycles. The van der Waals surface area contributed by atoms with Gasteiger partial charge >= 0.3 is 0 Å². The third kappa shape index (κ3) is 2.80. The Bertz CT molecular complexity index is 554. The predicted octanol–water partition coefficient (Wildman–Crippen LogP) is 2.37. The molecular formula is C14H18N2O4. The van der Waals surface area contributed by atoms with Gasteiger partial charge in [0.1, 0.15) is 5.69 Å². The van der Waals surface area contributed by atoms with Crippen molar-refractivity contribution in [1.29, 1.82) is 0 Å². The van der Waals surface area contributed by atoms with Crippen molar-refractivity contribution in [1.82, 2.24) is 0 Å². The smallest absolute Gasteiger partial charge is 0.293 e. The molecule has 1 atom stereocenters. The van der Waals surface area contributed by atoms with Crippen LogP contribution in [-0.4, -0.2) is 28.0 Å². The molecule has 1 aromatic carbocycles. The molecule has 0 heterocycles. The maximum Gasteiger partial charge on any atom is 0.293 e. The van der Waals surface area contributed by atoms with E-state index in [0.29, 0.717) is 17.2 Å². The van der Waals surface area contributed by atoms with Gasteiger partial charge < -0.3 is 10.4 Å². The third-order valence-electron chi connectivity index (χ3n) is 3.83. The number of rotatable bonds is 6. The molecule has 1 aliphatic rings. The molecule has 0 radical (unpaired) electrons. The average Bonchev–Trinajstić information content (AvgIpc) is 3.23. The van der Waals surface area contributed by atoms with Gasteiger partial charge in [-0.2, -0.15) is 0 Å². The topological polar surface area (TPSA) is 92.5 Å². The Morgan fingerprint density at radius 3 is 2.65 bits per heavy atom. The van der Waals surface area contributed by atoms with Crippen LogP contribution in [0.4, 0.5) is 11.4 Å².